The molecule has 1 atom stereocenters. The number of aliphatic hydroxyl groups excluding tert-OH is 1. The van der Waals surface area contributed by atoms with Crippen molar-refractivity contribution in [2.75, 3.05) is 12.3 Å². The van der Waals surface area contributed by atoms with Gasteiger partial charge in [-0.3, -0.25) is 0 Å². The number of hydrogen-bond acceptors (Lipinski definition) is 4. The Labute approximate surface area is 117 Å². The van der Waals surface area contributed by atoms with Crippen LogP contribution in [0, 0.1) is 0 Å². The van der Waals surface area contributed by atoms with Crippen LogP contribution in [0.1, 0.15) is 6.92 Å². The number of anilines is 1. The number of rotatable bonds is 4. The van der Waals surface area contributed by atoms with E-state index in [1.807, 2.05) is 0 Å². The van der Waals surface area contributed by atoms with Crippen molar-refractivity contribution in [2.45, 2.75) is 17.9 Å². The van der Waals surface area contributed by atoms with E-state index in [4.69, 9.17) is 10.8 Å². The van der Waals surface area contributed by atoms with Gasteiger partial charge in [-0.1, -0.05) is 15.9 Å². The Kier molecular flexibility index (Phi) is 4.96. The minimum atomic E-state index is -3.75. The molecule has 0 saturated carbocycles. The first kappa shape index (κ1) is 14.9. The maximum atomic E-state index is 12.0. The molecular weight excluding hydrogens is 376 g/mol. The number of nitrogens with two attached hydrogens (primary N) is 1. The lowest BCUT2D eigenvalue weighted by atomic mass is 10.3. The zero-order valence-corrected chi connectivity index (χ0v) is 12.9. The fourth-order valence-corrected chi connectivity index (χ4v) is 4.53. The number of nitrogen functional groups attached to an aromatic ring is 1. The van der Waals surface area contributed by atoms with E-state index in [2.05, 4.69) is 36.6 Å². The van der Waals surface area contributed by atoms with Crippen molar-refractivity contribution in [3.8, 4) is 0 Å². The van der Waals surface area contributed by atoms with Crippen molar-refractivity contribution in [1.29, 1.82) is 0 Å². The summed E-state index contributed by atoms with van der Waals surface area (Å²) in [7, 11) is -3.75. The zero-order valence-electron chi connectivity index (χ0n) is 8.94. The first-order valence-corrected chi connectivity index (χ1v) is 7.72. The smallest absolute Gasteiger partial charge is 0.244 e. The topological polar surface area (TPSA) is 92.4 Å². The molecule has 0 amide bonds. The second-order valence-electron chi connectivity index (χ2n) is 3.51. The predicted octanol–water partition coefficient (Wildman–Crippen LogP) is 1.45. The highest BCUT2D eigenvalue weighted by Crippen LogP contribution is 2.31. The van der Waals surface area contributed by atoms with Gasteiger partial charge in [0.15, 0.2) is 0 Å². The van der Waals surface area contributed by atoms with Crippen LogP contribution in [0.25, 0.3) is 0 Å². The molecule has 5 nitrogen and oxygen atoms in total. The second-order valence-corrected chi connectivity index (χ2v) is 6.93. The lowest BCUT2D eigenvalue weighted by Gasteiger charge is -2.14. The van der Waals surface area contributed by atoms with Crippen molar-refractivity contribution in [3.63, 3.8) is 0 Å². The zero-order chi connectivity index (χ0) is 13.2. The van der Waals surface area contributed by atoms with Gasteiger partial charge < -0.3 is 10.8 Å². The first-order chi connectivity index (χ1) is 7.77. The molecule has 8 heteroatoms. The van der Waals surface area contributed by atoms with Gasteiger partial charge in [-0.2, -0.15) is 0 Å². The van der Waals surface area contributed by atoms with Gasteiger partial charge in [-0.15, -0.1) is 0 Å². The van der Waals surface area contributed by atoms with Crippen LogP contribution in [-0.4, -0.2) is 26.2 Å². The van der Waals surface area contributed by atoms with E-state index in [1.54, 1.807) is 13.0 Å². The molecule has 0 radical (unpaired) electrons. The third kappa shape index (κ3) is 3.65. The van der Waals surface area contributed by atoms with Gasteiger partial charge in [0.2, 0.25) is 10.0 Å². The van der Waals surface area contributed by atoms with E-state index < -0.39 is 16.1 Å². The Balaban J connectivity index is 3.25. The van der Waals surface area contributed by atoms with Crippen LogP contribution in [0.3, 0.4) is 0 Å². The van der Waals surface area contributed by atoms with Crippen molar-refractivity contribution >= 4 is 47.6 Å². The Morgan fingerprint density at radius 2 is 2.06 bits per heavy atom. The lowest BCUT2D eigenvalue weighted by Crippen LogP contribution is -2.35. The van der Waals surface area contributed by atoms with Crippen LogP contribution in [0.4, 0.5) is 5.69 Å². The van der Waals surface area contributed by atoms with Crippen LogP contribution in [0.2, 0.25) is 0 Å². The minimum Gasteiger partial charge on any atom is -0.398 e. The monoisotopic (exact) mass is 386 g/mol. The molecule has 0 bridgehead atoms. The van der Waals surface area contributed by atoms with Gasteiger partial charge in [-0.25, -0.2) is 13.1 Å². The number of aliphatic hydroxyl groups is 1. The molecular formula is C9H12Br2N2O3S. The summed E-state index contributed by atoms with van der Waals surface area (Å²) in [6.07, 6.45) is 0. The third-order valence-corrected chi connectivity index (χ3v) is 4.99. The SMILES string of the molecule is C[C@H](CO)NS(=O)(=O)c1c(N)cc(Br)cc1Br. The van der Waals surface area contributed by atoms with Gasteiger partial charge in [-0.05, 0) is 35.0 Å². The molecule has 4 N–H and O–H groups in total. The Hall–Kier alpha value is -0.150. The number of sulfonamides is 1. The molecule has 0 unspecified atom stereocenters. The maximum Gasteiger partial charge on any atom is 0.244 e. The highest BCUT2D eigenvalue weighted by molar-refractivity contribution is 9.11. The third-order valence-electron chi connectivity index (χ3n) is 1.94. The summed E-state index contributed by atoms with van der Waals surface area (Å²) in [6.45, 7) is 1.27. The van der Waals surface area contributed by atoms with Crippen LogP contribution in [-0.2, 0) is 10.0 Å². The van der Waals surface area contributed by atoms with Crippen molar-refractivity contribution in [2.24, 2.45) is 0 Å². The molecule has 96 valence electrons. The van der Waals surface area contributed by atoms with Crippen LogP contribution >= 0.6 is 31.9 Å². The van der Waals surface area contributed by atoms with Gasteiger partial charge in [0.1, 0.15) is 4.90 Å². The summed E-state index contributed by atoms with van der Waals surface area (Å²) in [5, 5.41) is 8.85. The fraction of sp³-hybridized carbons (Fsp3) is 0.333. The molecule has 0 heterocycles. The van der Waals surface area contributed by atoms with E-state index in [0.717, 1.165) is 0 Å². The molecule has 1 aromatic rings. The summed E-state index contributed by atoms with van der Waals surface area (Å²) in [6, 6.07) is 2.52. The average Bonchev–Trinajstić information content (AvgIpc) is 2.14. The molecule has 0 fully saturated rings. The van der Waals surface area contributed by atoms with Gasteiger partial charge in [0, 0.05) is 15.0 Å². The van der Waals surface area contributed by atoms with E-state index >= 15 is 0 Å². The van der Waals surface area contributed by atoms with Crippen molar-refractivity contribution in [3.05, 3.63) is 21.1 Å². The predicted molar refractivity (Wildman–Crippen MR) is 73.1 cm³/mol. The molecule has 0 aliphatic rings. The van der Waals surface area contributed by atoms with E-state index in [9.17, 15) is 8.42 Å². The molecule has 1 aromatic carbocycles. The summed E-state index contributed by atoms with van der Waals surface area (Å²) < 4.78 is 27.4. The van der Waals surface area contributed by atoms with Crippen molar-refractivity contribution < 1.29 is 13.5 Å². The fourth-order valence-electron chi connectivity index (χ4n) is 1.22. The summed E-state index contributed by atoms with van der Waals surface area (Å²) in [5.74, 6) is 0. The molecule has 0 aliphatic carbocycles. The molecule has 0 saturated heterocycles. The van der Waals surface area contributed by atoms with Gasteiger partial charge in [0.25, 0.3) is 0 Å². The van der Waals surface area contributed by atoms with Gasteiger partial charge in [0.05, 0.1) is 12.3 Å². The van der Waals surface area contributed by atoms with E-state index in [1.165, 1.54) is 6.07 Å². The average molecular weight is 388 g/mol. The largest absolute Gasteiger partial charge is 0.398 e. The standard InChI is InChI=1S/C9H12Br2N2O3S/c1-5(4-14)13-17(15,16)9-7(11)2-6(10)3-8(9)12/h2-3,5,13-14H,4,12H2,1H3/t5-/m1/s1. The number of nitrogens with one attached hydrogen (secondary N) is 1. The highest BCUT2D eigenvalue weighted by atomic mass is 79.9. The lowest BCUT2D eigenvalue weighted by molar-refractivity contribution is 0.265. The molecule has 0 aliphatic heterocycles. The molecule has 1 rings (SSSR count). The normalized spacial score (nSPS) is 13.6. The van der Waals surface area contributed by atoms with E-state index in [-0.39, 0.29) is 17.2 Å². The summed E-state index contributed by atoms with van der Waals surface area (Å²) in [4.78, 5) is -0.0269. The van der Waals surface area contributed by atoms with Gasteiger partial charge >= 0.3 is 0 Å². The quantitative estimate of drug-likeness (QED) is 0.681. The molecule has 17 heavy (non-hydrogen) atoms. The minimum absolute atomic E-state index is 0.0269. The number of hydrogen-bond donors (Lipinski definition) is 3. The first-order valence-electron chi connectivity index (χ1n) is 4.65. The highest BCUT2D eigenvalue weighted by Gasteiger charge is 2.23. The number of halogens is 2. The van der Waals surface area contributed by atoms with Crippen molar-refractivity contribution in [1.82, 2.24) is 4.72 Å². The van der Waals surface area contributed by atoms with Crippen LogP contribution in [0.5, 0.6) is 0 Å². The Morgan fingerprint density at radius 1 is 1.47 bits per heavy atom. The number of benzene rings is 1. The molecule has 0 aromatic heterocycles. The molecule has 0 spiro atoms. The Bertz CT molecular complexity index is 496. The Morgan fingerprint density at radius 3 is 2.53 bits per heavy atom. The van der Waals surface area contributed by atoms with Crippen LogP contribution < -0.4 is 10.5 Å². The van der Waals surface area contributed by atoms with E-state index in [0.29, 0.717) is 8.95 Å². The van der Waals surface area contributed by atoms with Crippen LogP contribution in [0.15, 0.2) is 26.0 Å². The second kappa shape index (κ2) is 5.66. The maximum absolute atomic E-state index is 12.0. The summed E-state index contributed by atoms with van der Waals surface area (Å²) >= 11 is 6.37. The summed E-state index contributed by atoms with van der Waals surface area (Å²) in [5.41, 5.74) is 5.81.